The molecule has 2 aromatic rings. The molecule has 1 fully saturated rings. The smallest absolute Gasteiger partial charge is 0.254 e. The van der Waals surface area contributed by atoms with Gasteiger partial charge in [0.25, 0.3) is 5.91 Å². The van der Waals surface area contributed by atoms with Gasteiger partial charge in [0.05, 0.1) is 19.3 Å². The highest BCUT2D eigenvalue weighted by Gasteiger charge is 2.23. The number of carbonyl (C=O) groups is 1. The molecule has 0 saturated carbocycles. The minimum atomic E-state index is 0.0778. The SMILES string of the molecule is CC[C@H]1CN(C(=O)c2ccc(Cn3cncn3)cc2)CCO1. The molecule has 2 heterocycles. The Labute approximate surface area is 129 Å². The zero-order chi connectivity index (χ0) is 15.4. The summed E-state index contributed by atoms with van der Waals surface area (Å²) in [6.45, 7) is 4.70. The molecule has 1 aliphatic heterocycles. The molecule has 6 nitrogen and oxygen atoms in total. The van der Waals surface area contributed by atoms with Gasteiger partial charge >= 0.3 is 0 Å². The first-order valence-corrected chi connectivity index (χ1v) is 7.58. The maximum atomic E-state index is 12.5. The average Bonchev–Trinajstić information content (AvgIpc) is 3.08. The van der Waals surface area contributed by atoms with Gasteiger partial charge in [0.2, 0.25) is 0 Å². The van der Waals surface area contributed by atoms with Crippen LogP contribution in [0, 0.1) is 0 Å². The Morgan fingerprint density at radius 1 is 1.36 bits per heavy atom. The molecule has 1 aromatic heterocycles. The van der Waals surface area contributed by atoms with Crippen molar-refractivity contribution in [1.29, 1.82) is 0 Å². The summed E-state index contributed by atoms with van der Waals surface area (Å²) in [6.07, 6.45) is 4.28. The van der Waals surface area contributed by atoms with Crippen LogP contribution < -0.4 is 0 Å². The fraction of sp³-hybridized carbons (Fsp3) is 0.438. The van der Waals surface area contributed by atoms with Gasteiger partial charge in [-0.25, -0.2) is 9.67 Å². The number of carbonyl (C=O) groups excluding carboxylic acids is 1. The van der Waals surface area contributed by atoms with Crippen LogP contribution in [0.5, 0.6) is 0 Å². The zero-order valence-corrected chi connectivity index (χ0v) is 12.7. The summed E-state index contributed by atoms with van der Waals surface area (Å²) >= 11 is 0. The summed E-state index contributed by atoms with van der Waals surface area (Å²) in [4.78, 5) is 18.3. The molecule has 1 aromatic carbocycles. The average molecular weight is 300 g/mol. The molecular weight excluding hydrogens is 280 g/mol. The van der Waals surface area contributed by atoms with E-state index in [0.717, 1.165) is 17.5 Å². The van der Waals surface area contributed by atoms with E-state index >= 15 is 0 Å². The predicted molar refractivity (Wildman–Crippen MR) is 81.5 cm³/mol. The van der Waals surface area contributed by atoms with Crippen molar-refractivity contribution < 1.29 is 9.53 Å². The molecule has 1 aliphatic rings. The van der Waals surface area contributed by atoms with Crippen LogP contribution in [0.25, 0.3) is 0 Å². The second-order valence-electron chi connectivity index (χ2n) is 5.44. The third-order valence-corrected chi connectivity index (χ3v) is 3.89. The quantitative estimate of drug-likeness (QED) is 0.860. The molecule has 1 atom stereocenters. The topological polar surface area (TPSA) is 60.2 Å². The molecule has 6 heteroatoms. The molecule has 116 valence electrons. The van der Waals surface area contributed by atoms with E-state index in [0.29, 0.717) is 26.2 Å². The molecule has 3 rings (SSSR count). The van der Waals surface area contributed by atoms with Crippen LogP contribution in [0.2, 0.25) is 0 Å². The van der Waals surface area contributed by atoms with E-state index < -0.39 is 0 Å². The molecule has 1 amide bonds. The van der Waals surface area contributed by atoms with Crippen LogP contribution in [0.4, 0.5) is 0 Å². The van der Waals surface area contributed by atoms with Crippen LogP contribution in [-0.2, 0) is 11.3 Å². The second kappa shape index (κ2) is 6.70. The number of ether oxygens (including phenoxy) is 1. The zero-order valence-electron chi connectivity index (χ0n) is 12.7. The van der Waals surface area contributed by atoms with E-state index in [2.05, 4.69) is 17.0 Å². The van der Waals surface area contributed by atoms with Crippen molar-refractivity contribution >= 4 is 5.91 Å². The van der Waals surface area contributed by atoms with Crippen molar-refractivity contribution in [3.8, 4) is 0 Å². The monoisotopic (exact) mass is 300 g/mol. The Morgan fingerprint density at radius 3 is 2.86 bits per heavy atom. The number of aromatic nitrogens is 3. The van der Waals surface area contributed by atoms with Crippen LogP contribution in [0.1, 0.15) is 29.3 Å². The van der Waals surface area contributed by atoms with Crippen LogP contribution in [0.3, 0.4) is 0 Å². The first-order valence-electron chi connectivity index (χ1n) is 7.58. The van der Waals surface area contributed by atoms with Gasteiger partial charge in [0.1, 0.15) is 12.7 Å². The minimum Gasteiger partial charge on any atom is -0.375 e. The summed E-state index contributed by atoms with van der Waals surface area (Å²) in [5.74, 6) is 0.0778. The predicted octanol–water partition coefficient (Wildman–Crippen LogP) is 1.58. The minimum absolute atomic E-state index is 0.0778. The molecule has 1 saturated heterocycles. The van der Waals surface area contributed by atoms with Gasteiger partial charge in [-0.3, -0.25) is 4.79 Å². The lowest BCUT2D eigenvalue weighted by molar-refractivity contribution is -0.0226. The normalized spacial score (nSPS) is 18.4. The van der Waals surface area contributed by atoms with E-state index in [1.807, 2.05) is 29.2 Å². The van der Waals surface area contributed by atoms with Gasteiger partial charge in [-0.2, -0.15) is 5.10 Å². The maximum Gasteiger partial charge on any atom is 0.254 e. The molecule has 22 heavy (non-hydrogen) atoms. The van der Waals surface area contributed by atoms with Crippen molar-refractivity contribution in [3.63, 3.8) is 0 Å². The fourth-order valence-corrected chi connectivity index (χ4v) is 2.59. The van der Waals surface area contributed by atoms with Crippen molar-refractivity contribution in [2.45, 2.75) is 26.0 Å². The Kier molecular flexibility index (Phi) is 4.48. The highest BCUT2D eigenvalue weighted by molar-refractivity contribution is 5.94. The Bertz CT molecular complexity index is 610. The number of morpholine rings is 1. The highest BCUT2D eigenvalue weighted by Crippen LogP contribution is 2.13. The van der Waals surface area contributed by atoms with Gasteiger partial charge in [0.15, 0.2) is 0 Å². The van der Waals surface area contributed by atoms with Crippen LogP contribution >= 0.6 is 0 Å². The lowest BCUT2D eigenvalue weighted by atomic mass is 10.1. The number of hydrogen-bond acceptors (Lipinski definition) is 4. The number of rotatable bonds is 4. The molecular formula is C16H20N4O2. The van der Waals surface area contributed by atoms with E-state index in [1.165, 1.54) is 6.33 Å². The van der Waals surface area contributed by atoms with E-state index in [1.54, 1.807) is 11.0 Å². The lowest BCUT2D eigenvalue weighted by Gasteiger charge is -2.32. The molecule has 0 unspecified atom stereocenters. The van der Waals surface area contributed by atoms with E-state index in [-0.39, 0.29) is 12.0 Å². The standard InChI is InChI=1S/C16H20N4O2/c1-2-15-10-19(7-8-22-15)16(21)14-5-3-13(4-6-14)9-20-12-17-11-18-20/h3-6,11-12,15H,2,7-10H2,1H3/t15-/m0/s1. The van der Waals surface area contributed by atoms with Gasteiger partial charge in [-0.1, -0.05) is 19.1 Å². The van der Waals surface area contributed by atoms with Gasteiger partial charge in [-0.15, -0.1) is 0 Å². The van der Waals surface area contributed by atoms with Crippen LogP contribution in [0.15, 0.2) is 36.9 Å². The lowest BCUT2D eigenvalue weighted by Crippen LogP contribution is -2.45. The highest BCUT2D eigenvalue weighted by atomic mass is 16.5. The van der Waals surface area contributed by atoms with Crippen molar-refractivity contribution in [2.24, 2.45) is 0 Å². The molecule has 0 aliphatic carbocycles. The Balaban J connectivity index is 1.65. The molecule has 0 spiro atoms. The van der Waals surface area contributed by atoms with Crippen molar-refractivity contribution in [2.75, 3.05) is 19.7 Å². The van der Waals surface area contributed by atoms with Crippen LogP contribution in [-0.4, -0.2) is 51.4 Å². The fourth-order valence-electron chi connectivity index (χ4n) is 2.59. The molecule has 0 N–H and O–H groups in total. The molecule has 0 bridgehead atoms. The first-order chi connectivity index (χ1) is 10.8. The van der Waals surface area contributed by atoms with Gasteiger partial charge in [0, 0.05) is 18.7 Å². The van der Waals surface area contributed by atoms with Gasteiger partial charge in [-0.05, 0) is 24.1 Å². The summed E-state index contributed by atoms with van der Waals surface area (Å²) in [7, 11) is 0. The number of benzene rings is 1. The first kappa shape index (κ1) is 14.7. The number of nitrogens with zero attached hydrogens (tertiary/aromatic N) is 4. The van der Waals surface area contributed by atoms with Gasteiger partial charge < -0.3 is 9.64 Å². The summed E-state index contributed by atoms with van der Waals surface area (Å²) < 4.78 is 7.37. The molecule has 0 radical (unpaired) electrons. The van der Waals surface area contributed by atoms with E-state index in [4.69, 9.17) is 4.74 Å². The number of hydrogen-bond donors (Lipinski definition) is 0. The second-order valence-corrected chi connectivity index (χ2v) is 5.44. The Hall–Kier alpha value is -2.21. The third kappa shape index (κ3) is 3.33. The summed E-state index contributed by atoms with van der Waals surface area (Å²) in [5, 5.41) is 4.08. The Morgan fingerprint density at radius 2 is 2.18 bits per heavy atom. The third-order valence-electron chi connectivity index (χ3n) is 3.89. The summed E-state index contributed by atoms with van der Waals surface area (Å²) in [6, 6.07) is 7.69. The maximum absolute atomic E-state index is 12.5. The van der Waals surface area contributed by atoms with E-state index in [9.17, 15) is 4.79 Å². The van der Waals surface area contributed by atoms with Crippen molar-refractivity contribution in [1.82, 2.24) is 19.7 Å². The number of amides is 1. The largest absolute Gasteiger partial charge is 0.375 e. The van der Waals surface area contributed by atoms with Crippen molar-refractivity contribution in [3.05, 3.63) is 48.0 Å². The summed E-state index contributed by atoms with van der Waals surface area (Å²) in [5.41, 5.74) is 1.81.